The van der Waals surface area contributed by atoms with Crippen LogP contribution in [0.5, 0.6) is 5.75 Å². The summed E-state index contributed by atoms with van der Waals surface area (Å²) in [6, 6.07) is 5.97. The molecule has 3 rings (SSSR count). The zero-order chi connectivity index (χ0) is 18.2. The number of benzene rings is 1. The minimum atomic E-state index is -0.271. The van der Waals surface area contributed by atoms with Gasteiger partial charge in [0.15, 0.2) is 5.13 Å². The van der Waals surface area contributed by atoms with Crippen LogP contribution in [0, 0.1) is 5.82 Å². The van der Waals surface area contributed by atoms with E-state index in [9.17, 15) is 9.18 Å². The number of carbonyl (C=O) groups excluding carboxylic acids is 1. The second kappa shape index (κ2) is 9.38. The van der Waals surface area contributed by atoms with E-state index in [1.54, 1.807) is 29.7 Å². The van der Waals surface area contributed by atoms with E-state index in [2.05, 4.69) is 15.2 Å². The quantitative estimate of drug-likeness (QED) is 0.753. The van der Waals surface area contributed by atoms with E-state index in [1.807, 2.05) is 10.3 Å². The average molecular weight is 378 g/mol. The minimum absolute atomic E-state index is 0.0109. The summed E-state index contributed by atoms with van der Waals surface area (Å²) < 4.78 is 18.3. The maximum atomic E-state index is 12.8. The first-order valence-corrected chi connectivity index (χ1v) is 9.66. The van der Waals surface area contributed by atoms with E-state index in [-0.39, 0.29) is 11.8 Å². The van der Waals surface area contributed by atoms with Crippen molar-refractivity contribution in [2.45, 2.75) is 12.8 Å². The lowest BCUT2D eigenvalue weighted by Gasteiger charge is -2.34. The Labute approximate surface area is 156 Å². The van der Waals surface area contributed by atoms with Crippen LogP contribution in [0.2, 0.25) is 0 Å². The van der Waals surface area contributed by atoms with Crippen molar-refractivity contribution in [1.82, 2.24) is 15.2 Å². The molecule has 1 saturated heterocycles. The molecule has 1 aliphatic rings. The van der Waals surface area contributed by atoms with Crippen LogP contribution in [0.15, 0.2) is 35.8 Å². The van der Waals surface area contributed by atoms with Gasteiger partial charge in [-0.2, -0.15) is 0 Å². The van der Waals surface area contributed by atoms with Crippen molar-refractivity contribution in [2.75, 3.05) is 44.2 Å². The Morgan fingerprint density at radius 1 is 1.19 bits per heavy atom. The van der Waals surface area contributed by atoms with Crippen molar-refractivity contribution in [3.05, 3.63) is 41.7 Å². The Morgan fingerprint density at radius 2 is 1.96 bits per heavy atom. The molecule has 0 spiro atoms. The van der Waals surface area contributed by atoms with Gasteiger partial charge in [0.25, 0.3) is 0 Å². The topological polar surface area (TPSA) is 57.7 Å². The van der Waals surface area contributed by atoms with Crippen molar-refractivity contribution in [3.63, 3.8) is 0 Å². The number of unbranched alkanes of at least 4 members (excludes halogenated alkanes) is 1. The average Bonchev–Trinajstić information content (AvgIpc) is 3.21. The van der Waals surface area contributed by atoms with Crippen molar-refractivity contribution < 1.29 is 13.9 Å². The molecule has 2 heterocycles. The number of nitrogens with one attached hydrogen (secondary N) is 1. The molecule has 0 atom stereocenters. The summed E-state index contributed by atoms with van der Waals surface area (Å²) in [5.74, 6) is 0.390. The Hall–Kier alpha value is -2.35. The van der Waals surface area contributed by atoms with Crippen LogP contribution >= 0.6 is 11.3 Å². The largest absolute Gasteiger partial charge is 0.494 e. The summed E-state index contributed by atoms with van der Waals surface area (Å²) in [6.07, 6.45) is 3.47. The molecule has 2 amide bonds. The van der Waals surface area contributed by atoms with E-state index in [0.717, 1.165) is 31.1 Å². The van der Waals surface area contributed by atoms with Crippen LogP contribution in [0.3, 0.4) is 0 Å². The first-order chi connectivity index (χ1) is 12.7. The number of urea groups is 1. The molecule has 0 unspecified atom stereocenters. The lowest BCUT2D eigenvalue weighted by molar-refractivity contribution is 0.194. The van der Waals surface area contributed by atoms with E-state index < -0.39 is 0 Å². The van der Waals surface area contributed by atoms with Gasteiger partial charge in [0, 0.05) is 44.3 Å². The van der Waals surface area contributed by atoms with Gasteiger partial charge in [-0.25, -0.2) is 14.2 Å². The van der Waals surface area contributed by atoms with Crippen LogP contribution in [-0.4, -0.2) is 55.2 Å². The predicted octanol–water partition coefficient (Wildman–Crippen LogP) is 2.97. The highest BCUT2D eigenvalue weighted by atomic mass is 32.1. The Balaban J connectivity index is 1.26. The Bertz CT molecular complexity index is 673. The molecule has 26 heavy (non-hydrogen) atoms. The lowest BCUT2D eigenvalue weighted by atomic mass is 10.3. The maximum absolute atomic E-state index is 12.8. The molecule has 6 nitrogen and oxygen atoms in total. The third kappa shape index (κ3) is 5.32. The highest BCUT2D eigenvalue weighted by molar-refractivity contribution is 7.13. The fourth-order valence-corrected chi connectivity index (χ4v) is 3.42. The van der Waals surface area contributed by atoms with Crippen molar-refractivity contribution in [2.24, 2.45) is 0 Å². The van der Waals surface area contributed by atoms with Crippen LogP contribution in [0.1, 0.15) is 12.8 Å². The maximum Gasteiger partial charge on any atom is 0.317 e. The van der Waals surface area contributed by atoms with E-state index in [4.69, 9.17) is 4.74 Å². The van der Waals surface area contributed by atoms with Gasteiger partial charge >= 0.3 is 6.03 Å². The number of thiazole rings is 1. The molecule has 0 aliphatic carbocycles. The number of ether oxygens (including phenoxy) is 1. The number of amides is 2. The van der Waals surface area contributed by atoms with Crippen LogP contribution < -0.4 is 15.0 Å². The third-order valence-corrected chi connectivity index (χ3v) is 5.02. The standard InChI is InChI=1S/C18H23FN4O2S/c19-15-3-5-16(6-4-15)25-13-2-1-7-20-17(24)22-9-11-23(12-10-22)18-21-8-14-26-18/h3-6,8,14H,1-2,7,9-13H2,(H,20,24). The monoisotopic (exact) mass is 378 g/mol. The van der Waals surface area contributed by atoms with Crippen LogP contribution in [0.4, 0.5) is 14.3 Å². The highest BCUT2D eigenvalue weighted by Crippen LogP contribution is 2.18. The van der Waals surface area contributed by atoms with Crippen molar-refractivity contribution >= 4 is 22.5 Å². The fraction of sp³-hybridized carbons (Fsp3) is 0.444. The number of halogens is 1. The summed E-state index contributed by atoms with van der Waals surface area (Å²) in [4.78, 5) is 20.6. The van der Waals surface area contributed by atoms with Gasteiger partial charge in [-0.05, 0) is 37.1 Å². The van der Waals surface area contributed by atoms with Gasteiger partial charge in [0.1, 0.15) is 11.6 Å². The van der Waals surface area contributed by atoms with Gasteiger partial charge in [0.2, 0.25) is 0 Å². The van der Waals surface area contributed by atoms with Crippen LogP contribution in [-0.2, 0) is 0 Å². The molecule has 0 bridgehead atoms. The number of nitrogens with zero attached hydrogens (tertiary/aromatic N) is 3. The molecule has 0 saturated carbocycles. The summed E-state index contributed by atoms with van der Waals surface area (Å²) >= 11 is 1.62. The molecule has 2 aromatic rings. The van der Waals surface area contributed by atoms with Gasteiger partial charge in [-0.1, -0.05) is 0 Å². The molecule has 8 heteroatoms. The normalized spacial score (nSPS) is 14.3. The van der Waals surface area contributed by atoms with Gasteiger partial charge in [0.05, 0.1) is 6.61 Å². The van der Waals surface area contributed by atoms with E-state index in [1.165, 1.54) is 12.1 Å². The molecular formula is C18H23FN4O2S. The molecule has 1 aromatic carbocycles. The van der Waals surface area contributed by atoms with Gasteiger partial charge in [-0.3, -0.25) is 0 Å². The first-order valence-electron chi connectivity index (χ1n) is 8.78. The molecule has 1 fully saturated rings. The van der Waals surface area contributed by atoms with Crippen LogP contribution in [0.25, 0.3) is 0 Å². The number of hydrogen-bond donors (Lipinski definition) is 1. The number of aromatic nitrogens is 1. The molecule has 1 N–H and O–H groups in total. The third-order valence-electron chi connectivity index (χ3n) is 4.19. The first kappa shape index (κ1) is 18.4. The summed E-state index contributed by atoms with van der Waals surface area (Å²) in [5, 5.41) is 5.94. The number of piperazine rings is 1. The lowest BCUT2D eigenvalue weighted by Crippen LogP contribution is -2.52. The van der Waals surface area contributed by atoms with Gasteiger partial charge in [-0.15, -0.1) is 11.3 Å². The summed E-state index contributed by atoms with van der Waals surface area (Å²) in [5.41, 5.74) is 0. The summed E-state index contributed by atoms with van der Waals surface area (Å²) in [6.45, 7) is 4.21. The number of rotatable bonds is 7. The SMILES string of the molecule is O=C(NCCCCOc1ccc(F)cc1)N1CCN(c2nccs2)CC1. The van der Waals surface area contributed by atoms with Crippen molar-refractivity contribution in [1.29, 1.82) is 0 Å². The second-order valence-electron chi connectivity index (χ2n) is 6.03. The molecule has 1 aromatic heterocycles. The smallest absolute Gasteiger partial charge is 0.317 e. The fourth-order valence-electron chi connectivity index (χ4n) is 2.73. The highest BCUT2D eigenvalue weighted by Gasteiger charge is 2.21. The molecule has 1 aliphatic heterocycles. The molecular weight excluding hydrogens is 355 g/mol. The number of anilines is 1. The zero-order valence-corrected chi connectivity index (χ0v) is 15.4. The molecule has 140 valence electrons. The molecule has 0 radical (unpaired) electrons. The van der Waals surface area contributed by atoms with E-state index >= 15 is 0 Å². The Kier molecular flexibility index (Phi) is 6.65. The van der Waals surface area contributed by atoms with E-state index in [0.29, 0.717) is 32.0 Å². The number of hydrogen-bond acceptors (Lipinski definition) is 5. The zero-order valence-electron chi connectivity index (χ0n) is 14.6. The second-order valence-corrected chi connectivity index (χ2v) is 6.90. The van der Waals surface area contributed by atoms with Crippen molar-refractivity contribution in [3.8, 4) is 5.75 Å². The number of carbonyl (C=O) groups is 1. The summed E-state index contributed by atoms with van der Waals surface area (Å²) in [7, 11) is 0. The Morgan fingerprint density at radius 3 is 2.65 bits per heavy atom. The predicted molar refractivity (Wildman–Crippen MR) is 100 cm³/mol. The minimum Gasteiger partial charge on any atom is -0.494 e. The van der Waals surface area contributed by atoms with Gasteiger partial charge < -0.3 is 19.9 Å².